The average Bonchev–Trinajstić information content (AvgIpc) is 2.77. The van der Waals surface area contributed by atoms with E-state index in [9.17, 15) is 14.4 Å². The molecule has 0 spiro atoms. The standard InChI is InChI=1S/C16H23N3O3/c1-3-18(9-11(2)8-17)14(20)10-19-15(21)12-6-4-5-7-13(12)16(19)22/h11-13H,3-7,9-10H2,1-2H3. The highest BCUT2D eigenvalue weighted by molar-refractivity contribution is 6.07. The molecule has 1 saturated carbocycles. The molecule has 0 aromatic rings. The molecular formula is C16H23N3O3. The van der Waals surface area contributed by atoms with E-state index in [0.29, 0.717) is 13.1 Å². The van der Waals surface area contributed by atoms with Gasteiger partial charge in [0.2, 0.25) is 17.7 Å². The number of hydrogen-bond donors (Lipinski definition) is 0. The van der Waals surface area contributed by atoms with Crippen LogP contribution < -0.4 is 0 Å². The van der Waals surface area contributed by atoms with E-state index in [-0.39, 0.29) is 42.0 Å². The van der Waals surface area contributed by atoms with Crippen LogP contribution in [-0.2, 0) is 14.4 Å². The smallest absolute Gasteiger partial charge is 0.242 e. The van der Waals surface area contributed by atoms with Crippen molar-refractivity contribution >= 4 is 17.7 Å². The zero-order valence-electron chi connectivity index (χ0n) is 13.2. The van der Waals surface area contributed by atoms with E-state index in [1.807, 2.05) is 6.92 Å². The third-order valence-electron chi connectivity index (χ3n) is 4.67. The SMILES string of the molecule is CCN(CC(C)C#N)C(=O)CN1C(=O)C2CCCCC2C1=O. The molecule has 0 aromatic heterocycles. The minimum absolute atomic E-state index is 0.184. The molecule has 6 nitrogen and oxygen atoms in total. The number of nitriles is 1. The molecule has 120 valence electrons. The van der Waals surface area contributed by atoms with Crippen molar-refractivity contribution in [3.63, 3.8) is 0 Å². The Kier molecular flexibility index (Phi) is 5.17. The number of carbonyl (C=O) groups excluding carboxylic acids is 3. The Labute approximate surface area is 131 Å². The second kappa shape index (κ2) is 6.91. The van der Waals surface area contributed by atoms with E-state index in [1.54, 1.807) is 6.92 Å². The number of rotatable bonds is 5. The summed E-state index contributed by atoms with van der Waals surface area (Å²) in [4.78, 5) is 39.7. The Morgan fingerprint density at radius 3 is 2.32 bits per heavy atom. The minimum Gasteiger partial charge on any atom is -0.340 e. The molecule has 1 aliphatic heterocycles. The first kappa shape index (κ1) is 16.5. The van der Waals surface area contributed by atoms with Gasteiger partial charge in [-0.2, -0.15) is 5.26 Å². The van der Waals surface area contributed by atoms with Crippen molar-refractivity contribution in [3.05, 3.63) is 0 Å². The number of carbonyl (C=O) groups is 3. The predicted octanol–water partition coefficient (Wildman–Crippen LogP) is 1.17. The third kappa shape index (κ3) is 3.13. The first-order valence-electron chi connectivity index (χ1n) is 8.02. The fourth-order valence-corrected chi connectivity index (χ4v) is 3.40. The van der Waals surface area contributed by atoms with Crippen LogP contribution in [0.4, 0.5) is 0 Å². The normalized spacial score (nSPS) is 25.6. The summed E-state index contributed by atoms with van der Waals surface area (Å²) in [5.74, 6) is -1.34. The lowest BCUT2D eigenvalue weighted by atomic mass is 9.81. The van der Waals surface area contributed by atoms with Gasteiger partial charge in [0.25, 0.3) is 0 Å². The molecule has 2 rings (SSSR count). The maximum Gasteiger partial charge on any atom is 0.242 e. The molecule has 3 amide bonds. The van der Waals surface area contributed by atoms with E-state index in [4.69, 9.17) is 5.26 Å². The van der Waals surface area contributed by atoms with E-state index < -0.39 is 0 Å². The zero-order chi connectivity index (χ0) is 16.3. The first-order valence-corrected chi connectivity index (χ1v) is 8.02. The summed E-state index contributed by atoms with van der Waals surface area (Å²) in [6.45, 7) is 4.19. The second-order valence-electron chi connectivity index (χ2n) is 6.22. The summed E-state index contributed by atoms with van der Waals surface area (Å²) >= 11 is 0. The van der Waals surface area contributed by atoms with Crippen LogP contribution in [0.15, 0.2) is 0 Å². The largest absolute Gasteiger partial charge is 0.340 e. The van der Waals surface area contributed by atoms with Gasteiger partial charge in [-0.15, -0.1) is 0 Å². The van der Waals surface area contributed by atoms with Crippen LogP contribution in [0.25, 0.3) is 0 Å². The van der Waals surface area contributed by atoms with Crippen molar-refractivity contribution in [1.82, 2.24) is 9.80 Å². The molecule has 1 saturated heterocycles. The van der Waals surface area contributed by atoms with Crippen molar-refractivity contribution in [2.45, 2.75) is 39.5 Å². The van der Waals surface area contributed by atoms with Gasteiger partial charge in [0.15, 0.2) is 0 Å². The maximum atomic E-state index is 12.4. The van der Waals surface area contributed by atoms with Crippen LogP contribution in [0.1, 0.15) is 39.5 Å². The van der Waals surface area contributed by atoms with Crippen molar-refractivity contribution in [2.75, 3.05) is 19.6 Å². The molecule has 22 heavy (non-hydrogen) atoms. The number of amides is 3. The molecule has 0 bridgehead atoms. The number of likely N-dealkylation sites (N-methyl/N-ethyl adjacent to an activating group) is 1. The van der Waals surface area contributed by atoms with Gasteiger partial charge < -0.3 is 4.90 Å². The number of hydrogen-bond acceptors (Lipinski definition) is 4. The maximum absolute atomic E-state index is 12.4. The summed E-state index contributed by atoms with van der Waals surface area (Å²) in [7, 11) is 0. The third-order valence-corrected chi connectivity index (χ3v) is 4.67. The number of imide groups is 1. The lowest BCUT2D eigenvalue weighted by molar-refractivity contribution is -0.146. The van der Waals surface area contributed by atoms with Gasteiger partial charge in [-0.3, -0.25) is 19.3 Å². The second-order valence-corrected chi connectivity index (χ2v) is 6.22. The molecule has 2 aliphatic rings. The van der Waals surface area contributed by atoms with Crippen LogP contribution >= 0.6 is 0 Å². The highest BCUT2D eigenvalue weighted by Crippen LogP contribution is 2.37. The van der Waals surface area contributed by atoms with Crippen LogP contribution in [0.3, 0.4) is 0 Å². The summed E-state index contributed by atoms with van der Waals surface area (Å²) in [5, 5.41) is 8.86. The number of fused-ring (bicyclic) bond motifs is 1. The number of likely N-dealkylation sites (tertiary alicyclic amines) is 1. The summed E-state index contributed by atoms with van der Waals surface area (Å²) in [6.07, 6.45) is 3.46. The van der Waals surface area contributed by atoms with Crippen molar-refractivity contribution in [1.29, 1.82) is 5.26 Å². The molecule has 6 heteroatoms. The van der Waals surface area contributed by atoms with E-state index >= 15 is 0 Å². The first-order chi connectivity index (χ1) is 10.5. The quantitative estimate of drug-likeness (QED) is 0.714. The van der Waals surface area contributed by atoms with Gasteiger partial charge in [-0.25, -0.2) is 0 Å². The van der Waals surface area contributed by atoms with E-state index in [0.717, 1.165) is 30.6 Å². The van der Waals surface area contributed by atoms with Crippen molar-refractivity contribution in [3.8, 4) is 6.07 Å². The molecule has 3 atom stereocenters. The van der Waals surface area contributed by atoms with Crippen LogP contribution in [-0.4, -0.2) is 47.2 Å². The highest BCUT2D eigenvalue weighted by Gasteiger charge is 2.48. The average molecular weight is 305 g/mol. The minimum atomic E-state index is -0.267. The fourth-order valence-electron chi connectivity index (χ4n) is 3.40. The van der Waals surface area contributed by atoms with E-state index in [1.165, 1.54) is 4.90 Å². The van der Waals surface area contributed by atoms with Crippen LogP contribution in [0.5, 0.6) is 0 Å². The van der Waals surface area contributed by atoms with Gasteiger partial charge >= 0.3 is 0 Å². The Morgan fingerprint density at radius 1 is 1.32 bits per heavy atom. The molecule has 2 fully saturated rings. The van der Waals surface area contributed by atoms with Crippen molar-refractivity contribution < 1.29 is 14.4 Å². The van der Waals surface area contributed by atoms with Gasteiger partial charge in [0.05, 0.1) is 23.8 Å². The molecule has 0 aromatic carbocycles. The Bertz CT molecular complexity index is 487. The van der Waals surface area contributed by atoms with E-state index in [2.05, 4.69) is 6.07 Å². The molecule has 1 heterocycles. The Hall–Kier alpha value is -1.90. The molecule has 1 aliphatic carbocycles. The Morgan fingerprint density at radius 2 is 1.86 bits per heavy atom. The monoisotopic (exact) mass is 305 g/mol. The fraction of sp³-hybridized carbons (Fsp3) is 0.750. The van der Waals surface area contributed by atoms with Crippen molar-refractivity contribution in [2.24, 2.45) is 17.8 Å². The van der Waals surface area contributed by atoms with Gasteiger partial charge in [0, 0.05) is 13.1 Å². The van der Waals surface area contributed by atoms with Crippen LogP contribution in [0.2, 0.25) is 0 Å². The highest BCUT2D eigenvalue weighted by atomic mass is 16.2. The lowest BCUT2D eigenvalue weighted by Gasteiger charge is -2.24. The predicted molar refractivity (Wildman–Crippen MR) is 79.2 cm³/mol. The van der Waals surface area contributed by atoms with Gasteiger partial charge in [-0.05, 0) is 26.7 Å². The molecular weight excluding hydrogens is 282 g/mol. The zero-order valence-corrected chi connectivity index (χ0v) is 13.2. The van der Waals surface area contributed by atoms with Gasteiger partial charge in [-0.1, -0.05) is 12.8 Å². The van der Waals surface area contributed by atoms with Gasteiger partial charge in [0.1, 0.15) is 6.54 Å². The van der Waals surface area contributed by atoms with Crippen LogP contribution in [0, 0.1) is 29.1 Å². The summed E-state index contributed by atoms with van der Waals surface area (Å²) in [6, 6.07) is 2.10. The summed E-state index contributed by atoms with van der Waals surface area (Å²) < 4.78 is 0. The topological polar surface area (TPSA) is 81.5 Å². The number of nitrogens with zero attached hydrogens (tertiary/aromatic N) is 3. The molecule has 3 unspecified atom stereocenters. The molecule has 0 N–H and O–H groups in total. The Balaban J connectivity index is 2.03. The molecule has 0 radical (unpaired) electrons. The summed E-state index contributed by atoms with van der Waals surface area (Å²) in [5.41, 5.74) is 0. The lowest BCUT2D eigenvalue weighted by Crippen LogP contribution is -2.44.